The number of fused-ring (bicyclic) bond motifs is 3. The monoisotopic (exact) mass is 432 g/mol. The van der Waals surface area contributed by atoms with Crippen LogP contribution in [-0.4, -0.2) is 52.7 Å². The Morgan fingerprint density at radius 1 is 1.29 bits per heavy atom. The van der Waals surface area contributed by atoms with Crippen LogP contribution in [0, 0.1) is 28.6 Å². The zero-order chi connectivity index (χ0) is 22.6. The van der Waals surface area contributed by atoms with E-state index in [0.717, 1.165) is 0 Å². The number of allylic oxidation sites excluding steroid dienone is 2. The topological polar surface area (TPSA) is 93.2 Å². The smallest absolute Gasteiger partial charge is 0.303 e. The van der Waals surface area contributed by atoms with Gasteiger partial charge in [0, 0.05) is 17.8 Å². The van der Waals surface area contributed by atoms with E-state index >= 15 is 4.39 Å². The lowest BCUT2D eigenvalue weighted by atomic mass is 9.46. The minimum Gasteiger partial charge on any atom is -0.458 e. The molecule has 5 aliphatic rings. The predicted octanol–water partition coefficient (Wildman–Crippen LogP) is 2.48. The fourth-order valence-electron chi connectivity index (χ4n) is 7.85. The maximum absolute atomic E-state index is 15.4. The van der Waals surface area contributed by atoms with Gasteiger partial charge in [0.05, 0.1) is 6.10 Å². The molecule has 168 valence electrons. The van der Waals surface area contributed by atoms with Crippen molar-refractivity contribution in [2.24, 2.45) is 28.6 Å². The van der Waals surface area contributed by atoms with E-state index in [1.54, 1.807) is 6.08 Å². The zero-order valence-corrected chi connectivity index (χ0v) is 18.3. The van der Waals surface area contributed by atoms with Crippen LogP contribution in [0.1, 0.15) is 47.0 Å². The van der Waals surface area contributed by atoms with E-state index in [2.05, 4.69) is 0 Å². The standard InChI is InChI=1S/C24H29FO6/c1-12-7-15-16-9-18(25)17-8-14(27)5-6-21(17,3)24(16)20(31-24)10-22(15,4)23(12,29)19(28)11-30-13(2)26/h5-6,8,12,15-16,18,20,29H,7,9-11H2,1-4H3/t12-,15+,16+,18+,20+,21+,22+,23+,24-/m1/s1. The molecular weight excluding hydrogens is 403 g/mol. The Hall–Kier alpha value is -1.86. The molecule has 0 aromatic carbocycles. The van der Waals surface area contributed by atoms with Gasteiger partial charge >= 0.3 is 5.97 Å². The quantitative estimate of drug-likeness (QED) is 0.544. The first-order valence-electron chi connectivity index (χ1n) is 11.1. The Kier molecular flexibility index (Phi) is 4.16. The number of alkyl halides is 1. The average molecular weight is 432 g/mol. The van der Waals surface area contributed by atoms with Gasteiger partial charge in [0.1, 0.15) is 17.4 Å². The molecule has 1 N–H and O–H groups in total. The second-order valence-electron chi connectivity index (χ2n) is 10.6. The van der Waals surface area contributed by atoms with Gasteiger partial charge in [-0.1, -0.05) is 19.9 Å². The van der Waals surface area contributed by atoms with E-state index in [0.29, 0.717) is 18.4 Å². The summed E-state index contributed by atoms with van der Waals surface area (Å²) in [7, 11) is 0. The number of rotatable bonds is 3. The molecule has 0 unspecified atom stereocenters. The van der Waals surface area contributed by atoms with Crippen molar-refractivity contribution in [2.45, 2.75) is 70.4 Å². The van der Waals surface area contributed by atoms with Crippen LogP contribution < -0.4 is 0 Å². The van der Waals surface area contributed by atoms with Crippen molar-refractivity contribution >= 4 is 17.5 Å². The van der Waals surface area contributed by atoms with Crippen LogP contribution in [0.3, 0.4) is 0 Å². The number of carbonyl (C=O) groups is 3. The van der Waals surface area contributed by atoms with Crippen LogP contribution in [0.2, 0.25) is 0 Å². The molecule has 0 bridgehead atoms. The molecule has 5 rings (SSSR count). The maximum Gasteiger partial charge on any atom is 0.303 e. The van der Waals surface area contributed by atoms with Crippen molar-refractivity contribution in [1.82, 2.24) is 0 Å². The molecular formula is C24H29FO6. The van der Waals surface area contributed by atoms with Crippen molar-refractivity contribution in [2.75, 3.05) is 6.61 Å². The van der Waals surface area contributed by atoms with Gasteiger partial charge < -0.3 is 14.6 Å². The Balaban J connectivity index is 1.55. The average Bonchev–Trinajstić information content (AvgIpc) is 3.38. The molecule has 6 nitrogen and oxygen atoms in total. The number of ether oxygens (including phenoxy) is 2. The van der Waals surface area contributed by atoms with Crippen LogP contribution in [0.5, 0.6) is 0 Å². The van der Waals surface area contributed by atoms with E-state index in [9.17, 15) is 19.5 Å². The summed E-state index contributed by atoms with van der Waals surface area (Å²) in [6.45, 7) is 6.45. The Bertz CT molecular complexity index is 956. The molecule has 1 saturated heterocycles. The Morgan fingerprint density at radius 3 is 2.68 bits per heavy atom. The second kappa shape index (κ2) is 6.13. The molecule has 3 saturated carbocycles. The summed E-state index contributed by atoms with van der Waals surface area (Å²) in [5.41, 5.74) is -3.35. The molecule has 4 aliphatic carbocycles. The van der Waals surface area contributed by atoms with Crippen LogP contribution in [0.25, 0.3) is 0 Å². The van der Waals surface area contributed by atoms with E-state index in [4.69, 9.17) is 9.47 Å². The van der Waals surface area contributed by atoms with Gasteiger partial charge in [-0.15, -0.1) is 0 Å². The molecule has 0 amide bonds. The lowest BCUT2D eigenvalue weighted by Crippen LogP contribution is -2.63. The summed E-state index contributed by atoms with van der Waals surface area (Å²) in [6, 6.07) is 0. The van der Waals surface area contributed by atoms with Crippen LogP contribution in [-0.2, 0) is 23.9 Å². The summed E-state index contributed by atoms with van der Waals surface area (Å²) in [4.78, 5) is 36.3. The number of aliphatic hydroxyl groups is 1. The van der Waals surface area contributed by atoms with Crippen LogP contribution in [0.15, 0.2) is 23.8 Å². The normalized spacial score (nSPS) is 51.7. The second-order valence-corrected chi connectivity index (χ2v) is 10.6. The molecule has 4 fully saturated rings. The van der Waals surface area contributed by atoms with Gasteiger partial charge in [0.2, 0.25) is 5.78 Å². The Morgan fingerprint density at radius 2 is 2.00 bits per heavy atom. The number of ketones is 2. The molecule has 1 aliphatic heterocycles. The van der Waals surface area contributed by atoms with Gasteiger partial charge in [-0.2, -0.15) is 0 Å². The Labute approximate surface area is 180 Å². The third-order valence-electron chi connectivity index (χ3n) is 9.33. The molecule has 9 atom stereocenters. The summed E-state index contributed by atoms with van der Waals surface area (Å²) < 4.78 is 26.7. The van der Waals surface area contributed by atoms with Gasteiger partial charge in [0.25, 0.3) is 0 Å². The van der Waals surface area contributed by atoms with Crippen molar-refractivity contribution in [3.05, 3.63) is 23.8 Å². The number of hydrogen-bond donors (Lipinski definition) is 1. The summed E-state index contributed by atoms with van der Waals surface area (Å²) in [5, 5.41) is 11.8. The molecule has 1 spiro atoms. The molecule has 0 aromatic heterocycles. The van der Waals surface area contributed by atoms with Crippen LogP contribution in [0.4, 0.5) is 4.39 Å². The predicted molar refractivity (Wildman–Crippen MR) is 108 cm³/mol. The van der Waals surface area contributed by atoms with Crippen LogP contribution >= 0.6 is 0 Å². The van der Waals surface area contributed by atoms with Gasteiger partial charge in [-0.3, -0.25) is 14.4 Å². The first kappa shape index (κ1) is 21.0. The number of hydrogen-bond acceptors (Lipinski definition) is 6. The van der Waals surface area contributed by atoms with E-state index in [1.165, 1.54) is 19.1 Å². The van der Waals surface area contributed by atoms with Crippen molar-refractivity contribution in [1.29, 1.82) is 0 Å². The summed E-state index contributed by atoms with van der Waals surface area (Å²) in [5.74, 6) is -1.96. The molecule has 1 heterocycles. The maximum atomic E-state index is 15.4. The molecule has 7 heteroatoms. The number of halogens is 1. The van der Waals surface area contributed by atoms with Crippen molar-refractivity contribution in [3.63, 3.8) is 0 Å². The highest BCUT2D eigenvalue weighted by molar-refractivity contribution is 6.01. The highest BCUT2D eigenvalue weighted by Gasteiger charge is 2.82. The van der Waals surface area contributed by atoms with E-state index in [-0.39, 0.29) is 36.1 Å². The first-order valence-corrected chi connectivity index (χ1v) is 11.1. The summed E-state index contributed by atoms with van der Waals surface area (Å²) in [6.07, 6.45) is 4.42. The molecule has 0 aromatic rings. The van der Waals surface area contributed by atoms with Gasteiger partial charge in [0.15, 0.2) is 12.4 Å². The third kappa shape index (κ3) is 2.31. The largest absolute Gasteiger partial charge is 0.458 e. The van der Waals surface area contributed by atoms with E-state index < -0.39 is 46.6 Å². The fourth-order valence-corrected chi connectivity index (χ4v) is 7.85. The number of esters is 1. The zero-order valence-electron chi connectivity index (χ0n) is 18.3. The minimum atomic E-state index is -1.67. The molecule has 0 radical (unpaired) electrons. The van der Waals surface area contributed by atoms with Crippen molar-refractivity contribution < 1.29 is 33.4 Å². The van der Waals surface area contributed by atoms with E-state index in [1.807, 2.05) is 20.8 Å². The first-order chi connectivity index (χ1) is 14.4. The summed E-state index contributed by atoms with van der Waals surface area (Å²) >= 11 is 0. The van der Waals surface area contributed by atoms with Gasteiger partial charge in [-0.05, 0) is 61.7 Å². The van der Waals surface area contributed by atoms with Gasteiger partial charge in [-0.25, -0.2) is 4.39 Å². The fraction of sp³-hybridized carbons (Fsp3) is 0.708. The lowest BCUT2D eigenvalue weighted by Gasteiger charge is -2.56. The number of carbonyl (C=O) groups excluding carboxylic acids is 3. The number of epoxide rings is 1. The SMILES string of the molecule is CC(=O)OCC(=O)[C@@]1(O)[C@H](C)C[C@H]2[C@@H]3C[C@H](F)C4=CC(=O)C=C[C@]4(C)[C@@]34O[C@H]4C[C@@]21C. The minimum absolute atomic E-state index is 0.129. The lowest BCUT2D eigenvalue weighted by molar-refractivity contribution is -0.171. The molecule has 31 heavy (non-hydrogen) atoms. The third-order valence-corrected chi connectivity index (χ3v) is 9.33. The highest BCUT2D eigenvalue weighted by Crippen LogP contribution is 2.76. The number of Topliss-reactive ketones (excluding diaryl/α,β-unsaturated/α-hetero) is 1. The highest BCUT2D eigenvalue weighted by atomic mass is 19.1. The van der Waals surface area contributed by atoms with Crippen molar-refractivity contribution in [3.8, 4) is 0 Å².